The molecule has 0 saturated heterocycles. The first-order valence-corrected chi connectivity index (χ1v) is 6.44. The zero-order valence-corrected chi connectivity index (χ0v) is 10.6. The van der Waals surface area contributed by atoms with E-state index in [0.29, 0.717) is 10.6 Å². The first kappa shape index (κ1) is 14.2. The quantitative estimate of drug-likeness (QED) is 0.836. The number of alkyl halides is 3. The Kier molecular flexibility index (Phi) is 4.70. The van der Waals surface area contributed by atoms with Crippen molar-refractivity contribution in [3.8, 4) is 0 Å². The number of nitrogens with two attached hydrogens (primary N) is 1. The van der Waals surface area contributed by atoms with E-state index in [-0.39, 0.29) is 24.1 Å². The van der Waals surface area contributed by atoms with Gasteiger partial charge in [-0.1, -0.05) is 0 Å². The van der Waals surface area contributed by atoms with E-state index in [9.17, 15) is 18.0 Å². The molecule has 0 saturated carbocycles. The van der Waals surface area contributed by atoms with Gasteiger partial charge in [0, 0.05) is 22.9 Å². The van der Waals surface area contributed by atoms with Crippen molar-refractivity contribution < 1.29 is 18.0 Å². The van der Waals surface area contributed by atoms with Crippen molar-refractivity contribution in [1.82, 2.24) is 5.32 Å². The number of rotatable bonds is 4. The van der Waals surface area contributed by atoms with Gasteiger partial charge in [0.1, 0.15) is 0 Å². The molecule has 0 unspecified atom stereocenters. The van der Waals surface area contributed by atoms with Crippen molar-refractivity contribution in [3.05, 3.63) is 15.8 Å². The smallest absolute Gasteiger partial charge is 0.398 e. The van der Waals surface area contributed by atoms with Crippen LogP contribution in [0.4, 0.5) is 18.9 Å². The Bertz CT molecular complexity index is 384. The number of halogens is 3. The zero-order chi connectivity index (χ0) is 13.1. The van der Waals surface area contributed by atoms with Crippen LogP contribution in [0.5, 0.6) is 0 Å². The molecule has 3 N–H and O–H groups in total. The molecule has 0 aromatic carbocycles. The molecule has 3 nitrogen and oxygen atoms in total. The van der Waals surface area contributed by atoms with E-state index in [1.807, 2.05) is 0 Å². The molecular formula is C9H11F3N2OS2. The molecular weight excluding hydrogens is 273 g/mol. The summed E-state index contributed by atoms with van der Waals surface area (Å²) in [6.07, 6.45) is 0. The van der Waals surface area contributed by atoms with Crippen molar-refractivity contribution >= 4 is 34.7 Å². The van der Waals surface area contributed by atoms with Gasteiger partial charge < -0.3 is 11.1 Å². The van der Waals surface area contributed by atoms with Crippen LogP contribution in [-0.4, -0.2) is 23.7 Å². The van der Waals surface area contributed by atoms with Gasteiger partial charge in [0.05, 0.1) is 4.88 Å². The topological polar surface area (TPSA) is 55.1 Å². The molecule has 1 aromatic rings. The van der Waals surface area contributed by atoms with Gasteiger partial charge in [0.15, 0.2) is 0 Å². The summed E-state index contributed by atoms with van der Waals surface area (Å²) in [5.41, 5.74) is 1.83. The first-order valence-electron chi connectivity index (χ1n) is 4.64. The first-order chi connectivity index (χ1) is 7.79. The molecule has 0 aliphatic heterocycles. The van der Waals surface area contributed by atoms with Crippen LogP contribution in [0.15, 0.2) is 6.07 Å². The van der Waals surface area contributed by atoms with E-state index in [1.165, 1.54) is 17.4 Å². The maximum atomic E-state index is 11.8. The van der Waals surface area contributed by atoms with Gasteiger partial charge in [0.25, 0.3) is 5.91 Å². The molecule has 1 amide bonds. The number of hydrogen-bond donors (Lipinski definition) is 2. The van der Waals surface area contributed by atoms with Gasteiger partial charge in [-0.05, 0) is 24.8 Å². The molecule has 1 rings (SSSR count). The third-order valence-electron chi connectivity index (χ3n) is 1.83. The minimum absolute atomic E-state index is 0.0279. The summed E-state index contributed by atoms with van der Waals surface area (Å²) in [5, 5.41) is 2.41. The SMILES string of the molecule is Cc1sc(C(=O)NCCSC(F)(F)F)cc1N. The summed E-state index contributed by atoms with van der Waals surface area (Å²) in [5.74, 6) is -0.590. The molecule has 96 valence electrons. The van der Waals surface area contributed by atoms with Crippen molar-refractivity contribution in [2.24, 2.45) is 0 Å². The van der Waals surface area contributed by atoms with Gasteiger partial charge in [-0.15, -0.1) is 11.3 Å². The highest BCUT2D eigenvalue weighted by Gasteiger charge is 2.27. The Balaban J connectivity index is 2.35. The molecule has 0 aliphatic carbocycles. The highest BCUT2D eigenvalue weighted by Crippen LogP contribution is 2.29. The molecule has 0 spiro atoms. The van der Waals surface area contributed by atoms with Crippen LogP contribution in [0.3, 0.4) is 0 Å². The molecule has 0 atom stereocenters. The number of thioether (sulfide) groups is 1. The lowest BCUT2D eigenvalue weighted by Crippen LogP contribution is -2.25. The number of carbonyl (C=O) groups is 1. The third kappa shape index (κ3) is 4.86. The number of amides is 1. The Morgan fingerprint density at radius 3 is 2.71 bits per heavy atom. The van der Waals surface area contributed by atoms with Crippen LogP contribution < -0.4 is 11.1 Å². The molecule has 17 heavy (non-hydrogen) atoms. The summed E-state index contributed by atoms with van der Waals surface area (Å²) in [6, 6.07) is 1.52. The maximum absolute atomic E-state index is 11.8. The molecule has 1 aromatic heterocycles. The number of nitrogen functional groups attached to an aromatic ring is 1. The molecule has 0 bridgehead atoms. The second-order valence-corrected chi connectivity index (χ2v) is 5.59. The highest BCUT2D eigenvalue weighted by atomic mass is 32.2. The number of hydrogen-bond acceptors (Lipinski definition) is 4. The van der Waals surface area contributed by atoms with E-state index in [1.54, 1.807) is 6.92 Å². The number of nitrogens with one attached hydrogen (secondary N) is 1. The largest absolute Gasteiger partial charge is 0.441 e. The van der Waals surface area contributed by atoms with Crippen molar-refractivity contribution in [1.29, 1.82) is 0 Å². The van der Waals surface area contributed by atoms with E-state index >= 15 is 0 Å². The fourth-order valence-electron chi connectivity index (χ4n) is 1.03. The molecule has 0 fully saturated rings. The summed E-state index contributed by atoms with van der Waals surface area (Å²) >= 11 is 1.06. The second-order valence-electron chi connectivity index (χ2n) is 3.17. The van der Waals surface area contributed by atoms with Crippen LogP contribution in [0.2, 0.25) is 0 Å². The molecule has 8 heteroatoms. The lowest BCUT2D eigenvalue weighted by Gasteiger charge is -2.05. The van der Waals surface area contributed by atoms with Gasteiger partial charge in [-0.3, -0.25) is 4.79 Å². The fourth-order valence-corrected chi connectivity index (χ4v) is 2.32. The van der Waals surface area contributed by atoms with Crippen molar-refractivity contribution in [2.75, 3.05) is 18.0 Å². The summed E-state index contributed by atoms with van der Waals surface area (Å²) < 4.78 is 35.4. The maximum Gasteiger partial charge on any atom is 0.441 e. The average molecular weight is 284 g/mol. The minimum Gasteiger partial charge on any atom is -0.398 e. The van der Waals surface area contributed by atoms with Crippen molar-refractivity contribution in [2.45, 2.75) is 12.4 Å². The number of thiophene rings is 1. The monoisotopic (exact) mass is 284 g/mol. The molecule has 0 radical (unpaired) electrons. The lowest BCUT2D eigenvalue weighted by atomic mass is 10.3. The van der Waals surface area contributed by atoms with E-state index in [4.69, 9.17) is 5.73 Å². The van der Waals surface area contributed by atoms with E-state index in [2.05, 4.69) is 5.32 Å². The summed E-state index contributed by atoms with van der Waals surface area (Å²) in [6.45, 7) is 1.75. The van der Waals surface area contributed by atoms with Crippen LogP contribution in [0, 0.1) is 6.92 Å². The van der Waals surface area contributed by atoms with Gasteiger partial charge in [-0.2, -0.15) is 13.2 Å². The van der Waals surface area contributed by atoms with Crippen LogP contribution >= 0.6 is 23.1 Å². The normalized spacial score (nSPS) is 11.5. The summed E-state index contributed by atoms with van der Waals surface area (Å²) in [7, 11) is 0. The van der Waals surface area contributed by atoms with Crippen LogP contribution in [0.1, 0.15) is 14.5 Å². The summed E-state index contributed by atoms with van der Waals surface area (Å²) in [4.78, 5) is 12.7. The second kappa shape index (κ2) is 5.63. The van der Waals surface area contributed by atoms with E-state index < -0.39 is 11.4 Å². The Labute approximate surface area is 105 Å². The predicted molar refractivity (Wildman–Crippen MR) is 64.3 cm³/mol. The average Bonchev–Trinajstić information content (AvgIpc) is 2.52. The Morgan fingerprint density at radius 1 is 1.59 bits per heavy atom. The van der Waals surface area contributed by atoms with Gasteiger partial charge >= 0.3 is 5.51 Å². The van der Waals surface area contributed by atoms with E-state index in [0.717, 1.165) is 4.88 Å². The Hall–Kier alpha value is -0.890. The predicted octanol–water partition coefficient (Wildman–Crippen LogP) is 2.62. The third-order valence-corrected chi connectivity index (χ3v) is 3.63. The van der Waals surface area contributed by atoms with Crippen LogP contribution in [0.25, 0.3) is 0 Å². The number of anilines is 1. The molecule has 1 heterocycles. The number of aryl methyl sites for hydroxylation is 1. The highest BCUT2D eigenvalue weighted by molar-refractivity contribution is 8.00. The minimum atomic E-state index is -4.26. The van der Waals surface area contributed by atoms with Crippen molar-refractivity contribution in [3.63, 3.8) is 0 Å². The Morgan fingerprint density at radius 2 is 2.24 bits per heavy atom. The lowest BCUT2D eigenvalue weighted by molar-refractivity contribution is -0.0327. The van der Waals surface area contributed by atoms with Gasteiger partial charge in [0.2, 0.25) is 0 Å². The fraction of sp³-hybridized carbons (Fsp3) is 0.444. The number of carbonyl (C=O) groups excluding carboxylic acids is 1. The zero-order valence-electron chi connectivity index (χ0n) is 8.93. The van der Waals surface area contributed by atoms with Crippen LogP contribution in [-0.2, 0) is 0 Å². The van der Waals surface area contributed by atoms with Gasteiger partial charge in [-0.25, -0.2) is 0 Å². The molecule has 0 aliphatic rings. The standard InChI is InChI=1S/C9H11F3N2OS2/c1-5-6(13)4-7(17-5)8(15)14-2-3-16-9(10,11)12/h4H,2-3,13H2,1H3,(H,14,15).